The minimum atomic E-state index is -0.486. The largest absolute Gasteiger partial charge is 0.494 e. The van der Waals surface area contributed by atoms with Gasteiger partial charge in [0.05, 0.1) is 6.61 Å². The summed E-state index contributed by atoms with van der Waals surface area (Å²) in [5, 5.41) is 3.00. The van der Waals surface area contributed by atoms with E-state index in [0.29, 0.717) is 44.9 Å². The maximum Gasteiger partial charge on any atom is 0.242 e. The van der Waals surface area contributed by atoms with E-state index < -0.39 is 6.04 Å². The molecule has 0 aliphatic carbocycles. The molecular weight excluding hydrogens is 400 g/mol. The third kappa shape index (κ3) is 8.37. The van der Waals surface area contributed by atoms with E-state index in [-0.39, 0.29) is 11.8 Å². The Labute approximate surface area is 193 Å². The van der Waals surface area contributed by atoms with E-state index in [9.17, 15) is 9.59 Å². The molecule has 2 amide bonds. The monoisotopic (exact) mass is 438 g/mol. The van der Waals surface area contributed by atoms with Crippen LogP contribution in [0.1, 0.15) is 56.7 Å². The molecule has 174 valence electrons. The Balaban J connectivity index is 2.03. The summed E-state index contributed by atoms with van der Waals surface area (Å²) in [6, 6.07) is 15.5. The zero-order chi connectivity index (χ0) is 23.5. The van der Waals surface area contributed by atoms with Crippen LogP contribution in [-0.2, 0) is 16.1 Å². The molecular formula is C27H38N2O3. The first-order valence-corrected chi connectivity index (χ1v) is 11.6. The van der Waals surface area contributed by atoms with Crippen LogP contribution >= 0.6 is 0 Å². The second kappa shape index (κ2) is 12.9. The molecule has 5 nitrogen and oxygen atoms in total. The average molecular weight is 439 g/mol. The Morgan fingerprint density at radius 3 is 2.12 bits per heavy atom. The van der Waals surface area contributed by atoms with Gasteiger partial charge in [0.15, 0.2) is 0 Å². The number of hydrogen-bond acceptors (Lipinski definition) is 3. The van der Waals surface area contributed by atoms with E-state index in [4.69, 9.17) is 4.74 Å². The van der Waals surface area contributed by atoms with Gasteiger partial charge in [-0.3, -0.25) is 9.59 Å². The maximum atomic E-state index is 13.2. The molecule has 0 aliphatic heterocycles. The second-order valence-corrected chi connectivity index (χ2v) is 8.84. The number of carbonyl (C=O) groups excluding carboxylic acids is 2. The molecule has 0 saturated carbocycles. The lowest BCUT2D eigenvalue weighted by Gasteiger charge is -2.31. The molecule has 2 rings (SSSR count). The molecule has 0 aliphatic rings. The van der Waals surface area contributed by atoms with E-state index >= 15 is 0 Å². The Kier molecular flexibility index (Phi) is 10.3. The molecule has 1 unspecified atom stereocenters. The highest BCUT2D eigenvalue weighted by atomic mass is 16.5. The highest BCUT2D eigenvalue weighted by Gasteiger charge is 2.28. The number of nitrogens with zero attached hydrogens (tertiary/aromatic N) is 1. The number of rotatable bonds is 12. The van der Waals surface area contributed by atoms with Crippen LogP contribution in [0.3, 0.4) is 0 Å². The predicted octanol–water partition coefficient (Wildman–Crippen LogP) is 5.04. The molecule has 0 spiro atoms. The number of benzene rings is 2. The van der Waals surface area contributed by atoms with Crippen molar-refractivity contribution in [1.29, 1.82) is 0 Å². The predicted molar refractivity (Wildman–Crippen MR) is 130 cm³/mol. The summed E-state index contributed by atoms with van der Waals surface area (Å²) in [4.78, 5) is 27.8. The Hall–Kier alpha value is -2.82. The number of aryl methyl sites for hydroxylation is 2. The minimum Gasteiger partial charge on any atom is -0.494 e. The van der Waals surface area contributed by atoms with Gasteiger partial charge in [-0.2, -0.15) is 0 Å². The smallest absolute Gasteiger partial charge is 0.242 e. The van der Waals surface area contributed by atoms with Crippen LogP contribution in [0.15, 0.2) is 48.5 Å². The van der Waals surface area contributed by atoms with Gasteiger partial charge in [-0.05, 0) is 50.3 Å². The van der Waals surface area contributed by atoms with Gasteiger partial charge in [-0.1, -0.05) is 68.3 Å². The zero-order valence-corrected chi connectivity index (χ0v) is 20.2. The van der Waals surface area contributed by atoms with Crippen molar-refractivity contribution in [1.82, 2.24) is 10.2 Å². The summed E-state index contributed by atoms with van der Waals surface area (Å²) in [6.45, 7) is 11.6. The molecule has 0 heterocycles. The van der Waals surface area contributed by atoms with E-state index in [1.54, 1.807) is 4.90 Å². The Morgan fingerprint density at radius 1 is 0.969 bits per heavy atom. The summed E-state index contributed by atoms with van der Waals surface area (Å²) in [7, 11) is 0. The van der Waals surface area contributed by atoms with Gasteiger partial charge in [0.2, 0.25) is 11.8 Å². The van der Waals surface area contributed by atoms with Gasteiger partial charge in [0, 0.05) is 19.5 Å². The fourth-order valence-electron chi connectivity index (χ4n) is 3.42. The molecule has 0 fully saturated rings. The summed E-state index contributed by atoms with van der Waals surface area (Å²) >= 11 is 0. The fraction of sp³-hybridized carbons (Fsp3) is 0.481. The van der Waals surface area contributed by atoms with Crippen molar-refractivity contribution >= 4 is 11.8 Å². The molecule has 32 heavy (non-hydrogen) atoms. The van der Waals surface area contributed by atoms with Crippen LogP contribution in [0.4, 0.5) is 0 Å². The van der Waals surface area contributed by atoms with Crippen molar-refractivity contribution in [3.05, 3.63) is 65.2 Å². The molecule has 0 saturated heterocycles. The molecule has 2 aromatic rings. The van der Waals surface area contributed by atoms with Crippen LogP contribution in [0.25, 0.3) is 0 Å². The van der Waals surface area contributed by atoms with Crippen molar-refractivity contribution in [2.45, 2.75) is 66.5 Å². The van der Waals surface area contributed by atoms with Crippen molar-refractivity contribution in [2.24, 2.45) is 5.92 Å². The highest BCUT2D eigenvalue weighted by molar-refractivity contribution is 5.87. The summed E-state index contributed by atoms with van der Waals surface area (Å²) in [5.74, 6) is 1.05. The van der Waals surface area contributed by atoms with Crippen molar-refractivity contribution in [2.75, 3.05) is 13.2 Å². The zero-order valence-electron chi connectivity index (χ0n) is 20.2. The van der Waals surface area contributed by atoms with Gasteiger partial charge in [0.1, 0.15) is 11.8 Å². The van der Waals surface area contributed by atoms with Crippen LogP contribution in [0.5, 0.6) is 5.75 Å². The molecule has 5 heteroatoms. The topological polar surface area (TPSA) is 58.6 Å². The minimum absolute atomic E-state index is 0.0235. The first kappa shape index (κ1) is 25.4. The molecule has 0 bridgehead atoms. The van der Waals surface area contributed by atoms with Crippen LogP contribution in [-0.4, -0.2) is 35.9 Å². The molecule has 1 N–H and O–H groups in total. The fourth-order valence-corrected chi connectivity index (χ4v) is 3.42. The van der Waals surface area contributed by atoms with Crippen molar-refractivity contribution in [3.8, 4) is 5.75 Å². The van der Waals surface area contributed by atoms with E-state index in [2.05, 4.69) is 19.2 Å². The maximum absolute atomic E-state index is 13.2. The van der Waals surface area contributed by atoms with Crippen LogP contribution in [0.2, 0.25) is 0 Å². The van der Waals surface area contributed by atoms with E-state index in [1.807, 2.05) is 69.3 Å². The Morgan fingerprint density at radius 2 is 1.56 bits per heavy atom. The standard InChI is InChI=1S/C27H38N2O3/c1-6-25(27(31)28-18-20(2)3)29(19-23-13-9-21(4)10-14-23)26(30)8-7-17-32-24-15-11-22(5)12-16-24/h9-16,20,25H,6-8,17-19H2,1-5H3,(H,28,31). The quantitative estimate of drug-likeness (QED) is 0.472. The van der Waals surface area contributed by atoms with Crippen molar-refractivity contribution < 1.29 is 14.3 Å². The second-order valence-electron chi connectivity index (χ2n) is 8.84. The molecule has 0 radical (unpaired) electrons. The van der Waals surface area contributed by atoms with Crippen molar-refractivity contribution in [3.63, 3.8) is 0 Å². The van der Waals surface area contributed by atoms with Gasteiger partial charge in [-0.25, -0.2) is 0 Å². The van der Waals surface area contributed by atoms with Gasteiger partial charge in [-0.15, -0.1) is 0 Å². The van der Waals surface area contributed by atoms with E-state index in [0.717, 1.165) is 11.3 Å². The van der Waals surface area contributed by atoms with Crippen LogP contribution in [0, 0.1) is 19.8 Å². The number of amides is 2. The third-order valence-corrected chi connectivity index (χ3v) is 5.37. The highest BCUT2D eigenvalue weighted by Crippen LogP contribution is 2.16. The lowest BCUT2D eigenvalue weighted by molar-refractivity contribution is -0.141. The van der Waals surface area contributed by atoms with Gasteiger partial charge >= 0.3 is 0 Å². The summed E-state index contributed by atoms with van der Waals surface area (Å²) in [5.41, 5.74) is 3.37. The van der Waals surface area contributed by atoms with Gasteiger partial charge < -0.3 is 15.0 Å². The SMILES string of the molecule is CCC(C(=O)NCC(C)C)N(Cc1ccc(C)cc1)C(=O)CCCOc1ccc(C)cc1. The lowest BCUT2D eigenvalue weighted by Crippen LogP contribution is -2.49. The molecule has 1 atom stereocenters. The average Bonchev–Trinajstić information content (AvgIpc) is 2.77. The number of hydrogen-bond donors (Lipinski definition) is 1. The number of nitrogens with one attached hydrogen (secondary N) is 1. The van der Waals surface area contributed by atoms with Gasteiger partial charge in [0.25, 0.3) is 0 Å². The summed E-state index contributed by atoms with van der Waals surface area (Å²) in [6.07, 6.45) is 1.51. The first-order chi connectivity index (χ1) is 15.3. The Bertz CT molecular complexity index is 844. The summed E-state index contributed by atoms with van der Waals surface area (Å²) < 4.78 is 5.77. The third-order valence-electron chi connectivity index (χ3n) is 5.37. The molecule has 0 aromatic heterocycles. The van der Waals surface area contributed by atoms with E-state index in [1.165, 1.54) is 11.1 Å². The van der Waals surface area contributed by atoms with Crippen LogP contribution < -0.4 is 10.1 Å². The first-order valence-electron chi connectivity index (χ1n) is 11.6. The molecule has 2 aromatic carbocycles. The normalized spacial score (nSPS) is 11.8. The number of ether oxygens (including phenoxy) is 1. The number of carbonyl (C=O) groups is 2. The lowest BCUT2D eigenvalue weighted by atomic mass is 10.1.